The van der Waals surface area contributed by atoms with E-state index in [-0.39, 0.29) is 6.03 Å². The van der Waals surface area contributed by atoms with Gasteiger partial charge in [0.05, 0.1) is 13.2 Å². The van der Waals surface area contributed by atoms with E-state index in [9.17, 15) is 4.79 Å². The number of nitrogens with zero attached hydrogens (tertiary/aromatic N) is 2. The zero-order valence-electron chi connectivity index (χ0n) is 17.2. The van der Waals surface area contributed by atoms with Gasteiger partial charge in [0, 0.05) is 37.8 Å². The number of hydrogen-bond acceptors (Lipinski definition) is 2. The Labute approximate surface area is 172 Å². The summed E-state index contributed by atoms with van der Waals surface area (Å²) in [6.07, 6.45) is 2.99. The lowest BCUT2D eigenvalue weighted by Crippen LogP contribution is -2.37. The molecule has 2 amide bonds. The normalized spacial score (nSPS) is 10.7. The zero-order valence-corrected chi connectivity index (χ0v) is 17.2. The molecule has 0 aliphatic carbocycles. The molecule has 0 aliphatic heterocycles. The third kappa shape index (κ3) is 5.96. The molecule has 5 heteroatoms. The van der Waals surface area contributed by atoms with Crippen LogP contribution in [0, 0.1) is 0 Å². The van der Waals surface area contributed by atoms with Gasteiger partial charge in [-0.25, -0.2) is 4.79 Å². The number of hydrogen-bond donors (Lipinski definition) is 1. The standard InChI is InChI=1S/C24H29N3O2/c1-3-20-11-7-12-22(17-20)25-24(28)27(15-16-29-2)19-23-13-8-14-26(23)18-21-9-5-4-6-10-21/h4-14,17H,3,15-16,18-19H2,1-2H3,(H,25,28). The van der Waals surface area contributed by atoms with Crippen LogP contribution in [-0.4, -0.2) is 35.8 Å². The molecule has 29 heavy (non-hydrogen) atoms. The van der Waals surface area contributed by atoms with Gasteiger partial charge in [-0.15, -0.1) is 0 Å². The van der Waals surface area contributed by atoms with Crippen molar-refractivity contribution in [3.63, 3.8) is 0 Å². The van der Waals surface area contributed by atoms with Crippen LogP contribution in [0.3, 0.4) is 0 Å². The summed E-state index contributed by atoms with van der Waals surface area (Å²) in [6.45, 7) is 4.41. The Kier molecular flexibility index (Phi) is 7.47. The van der Waals surface area contributed by atoms with Crippen LogP contribution in [0.5, 0.6) is 0 Å². The maximum atomic E-state index is 13.0. The van der Waals surface area contributed by atoms with E-state index in [0.717, 1.165) is 24.3 Å². The SMILES string of the molecule is CCc1cccc(NC(=O)N(CCOC)Cc2cccn2Cc2ccccc2)c1. The van der Waals surface area contributed by atoms with E-state index in [1.165, 1.54) is 11.1 Å². The van der Waals surface area contributed by atoms with E-state index in [1.807, 2.05) is 42.5 Å². The second-order valence-corrected chi connectivity index (χ2v) is 7.01. The maximum Gasteiger partial charge on any atom is 0.322 e. The number of benzene rings is 2. The van der Waals surface area contributed by atoms with Gasteiger partial charge in [0.1, 0.15) is 0 Å². The summed E-state index contributed by atoms with van der Waals surface area (Å²) < 4.78 is 7.41. The highest BCUT2D eigenvalue weighted by atomic mass is 16.5. The Morgan fingerprint density at radius 2 is 1.83 bits per heavy atom. The number of nitrogens with one attached hydrogen (secondary N) is 1. The van der Waals surface area contributed by atoms with Crippen LogP contribution in [0.25, 0.3) is 0 Å². The Balaban J connectivity index is 1.72. The molecule has 0 atom stereocenters. The van der Waals surface area contributed by atoms with Crippen molar-refractivity contribution in [3.8, 4) is 0 Å². The second kappa shape index (κ2) is 10.5. The third-order valence-corrected chi connectivity index (χ3v) is 4.91. The molecule has 0 radical (unpaired) electrons. The van der Waals surface area contributed by atoms with Crippen LogP contribution >= 0.6 is 0 Å². The van der Waals surface area contributed by atoms with Gasteiger partial charge in [-0.05, 0) is 41.8 Å². The summed E-state index contributed by atoms with van der Waals surface area (Å²) >= 11 is 0. The fraction of sp³-hybridized carbons (Fsp3) is 0.292. The lowest BCUT2D eigenvalue weighted by molar-refractivity contribution is 0.152. The van der Waals surface area contributed by atoms with Crippen LogP contribution < -0.4 is 5.32 Å². The van der Waals surface area contributed by atoms with Crippen molar-refractivity contribution < 1.29 is 9.53 Å². The Morgan fingerprint density at radius 1 is 1.03 bits per heavy atom. The molecule has 3 aromatic rings. The molecule has 0 spiro atoms. The molecule has 0 saturated heterocycles. The summed E-state index contributed by atoms with van der Waals surface area (Å²) in [4.78, 5) is 14.8. The number of anilines is 1. The fourth-order valence-corrected chi connectivity index (χ4v) is 3.25. The molecule has 0 fully saturated rings. The van der Waals surface area contributed by atoms with Crippen LogP contribution in [0.1, 0.15) is 23.7 Å². The predicted molar refractivity (Wildman–Crippen MR) is 117 cm³/mol. The van der Waals surface area contributed by atoms with Gasteiger partial charge >= 0.3 is 6.03 Å². The van der Waals surface area contributed by atoms with Crippen molar-refractivity contribution >= 4 is 11.7 Å². The minimum Gasteiger partial charge on any atom is -0.383 e. The lowest BCUT2D eigenvalue weighted by atomic mass is 10.1. The van der Waals surface area contributed by atoms with E-state index >= 15 is 0 Å². The summed E-state index contributed by atoms with van der Waals surface area (Å²) in [5.74, 6) is 0. The number of aryl methyl sites for hydroxylation is 1. The molecule has 2 aromatic carbocycles. The maximum absolute atomic E-state index is 13.0. The highest BCUT2D eigenvalue weighted by Gasteiger charge is 2.16. The average molecular weight is 392 g/mol. The molecule has 1 aromatic heterocycles. The van der Waals surface area contributed by atoms with Crippen LogP contribution in [0.2, 0.25) is 0 Å². The number of amides is 2. The smallest absolute Gasteiger partial charge is 0.322 e. The van der Waals surface area contributed by atoms with Gasteiger partial charge in [0.2, 0.25) is 0 Å². The molecular formula is C24H29N3O2. The molecule has 0 aliphatic rings. The highest BCUT2D eigenvalue weighted by molar-refractivity contribution is 5.89. The monoisotopic (exact) mass is 391 g/mol. The number of ether oxygens (including phenoxy) is 1. The Morgan fingerprint density at radius 3 is 2.59 bits per heavy atom. The second-order valence-electron chi connectivity index (χ2n) is 7.01. The molecule has 3 rings (SSSR count). The fourth-order valence-electron chi connectivity index (χ4n) is 3.25. The predicted octanol–water partition coefficient (Wildman–Crippen LogP) is 4.78. The van der Waals surface area contributed by atoms with Crippen LogP contribution in [0.15, 0.2) is 72.9 Å². The van der Waals surface area contributed by atoms with Crippen molar-refractivity contribution in [2.75, 3.05) is 25.6 Å². The first-order chi connectivity index (χ1) is 14.2. The molecule has 5 nitrogen and oxygen atoms in total. The van der Waals surface area contributed by atoms with Crippen molar-refractivity contribution in [1.29, 1.82) is 0 Å². The molecule has 152 valence electrons. The van der Waals surface area contributed by atoms with Crippen molar-refractivity contribution in [3.05, 3.63) is 89.7 Å². The van der Waals surface area contributed by atoms with Crippen LogP contribution in [0.4, 0.5) is 10.5 Å². The number of aromatic nitrogens is 1. The molecule has 1 heterocycles. The first kappa shape index (κ1) is 20.7. The Bertz CT molecular complexity index is 905. The largest absolute Gasteiger partial charge is 0.383 e. The van der Waals surface area contributed by atoms with E-state index in [1.54, 1.807) is 12.0 Å². The van der Waals surface area contributed by atoms with Gasteiger partial charge in [-0.3, -0.25) is 0 Å². The first-order valence-corrected chi connectivity index (χ1v) is 10.0. The van der Waals surface area contributed by atoms with Crippen molar-refractivity contribution in [1.82, 2.24) is 9.47 Å². The van der Waals surface area contributed by atoms with Gasteiger partial charge < -0.3 is 19.5 Å². The quantitative estimate of drug-likeness (QED) is 0.571. The molecule has 0 unspecified atom stereocenters. The minimum absolute atomic E-state index is 0.122. The van der Waals surface area contributed by atoms with E-state index in [2.05, 4.69) is 47.3 Å². The number of rotatable bonds is 9. The van der Waals surface area contributed by atoms with E-state index in [0.29, 0.717) is 19.7 Å². The number of carbonyl (C=O) groups excluding carboxylic acids is 1. The molecule has 0 bridgehead atoms. The zero-order chi connectivity index (χ0) is 20.5. The van der Waals surface area contributed by atoms with Crippen LogP contribution in [-0.2, 0) is 24.2 Å². The van der Waals surface area contributed by atoms with Gasteiger partial charge in [0.15, 0.2) is 0 Å². The highest BCUT2D eigenvalue weighted by Crippen LogP contribution is 2.14. The summed E-state index contributed by atoms with van der Waals surface area (Å²) in [5.41, 5.74) is 4.33. The summed E-state index contributed by atoms with van der Waals surface area (Å²) in [7, 11) is 1.65. The summed E-state index contributed by atoms with van der Waals surface area (Å²) in [5, 5.41) is 3.03. The molecule has 1 N–H and O–H groups in total. The number of methoxy groups -OCH3 is 1. The molecule has 0 saturated carbocycles. The van der Waals surface area contributed by atoms with Gasteiger partial charge in [0.25, 0.3) is 0 Å². The average Bonchev–Trinajstić information content (AvgIpc) is 3.18. The number of carbonyl (C=O) groups is 1. The number of urea groups is 1. The topological polar surface area (TPSA) is 46.5 Å². The Hall–Kier alpha value is -3.05. The first-order valence-electron chi connectivity index (χ1n) is 10.0. The van der Waals surface area contributed by atoms with E-state index < -0.39 is 0 Å². The summed E-state index contributed by atoms with van der Waals surface area (Å²) in [6, 6.07) is 22.3. The van der Waals surface area contributed by atoms with Crippen molar-refractivity contribution in [2.24, 2.45) is 0 Å². The minimum atomic E-state index is -0.122. The van der Waals surface area contributed by atoms with E-state index in [4.69, 9.17) is 4.74 Å². The van der Waals surface area contributed by atoms with Gasteiger partial charge in [-0.1, -0.05) is 49.4 Å². The lowest BCUT2D eigenvalue weighted by Gasteiger charge is -2.24. The van der Waals surface area contributed by atoms with Crippen molar-refractivity contribution in [2.45, 2.75) is 26.4 Å². The molecular weight excluding hydrogens is 362 g/mol. The van der Waals surface area contributed by atoms with Gasteiger partial charge in [-0.2, -0.15) is 0 Å². The third-order valence-electron chi connectivity index (χ3n) is 4.91.